The summed E-state index contributed by atoms with van der Waals surface area (Å²) in [5, 5.41) is 5.27. The Balaban J connectivity index is 3.28. The molecule has 1 rings (SSSR count). The average Bonchev–Trinajstić information content (AvgIpc) is 3.14. The second-order valence-electron chi connectivity index (χ2n) is 16.3. The minimum absolute atomic E-state index is 0.0295. The minimum atomic E-state index is -4.15. The molecule has 0 saturated carbocycles. The lowest BCUT2D eigenvalue weighted by Gasteiger charge is -2.27. The van der Waals surface area contributed by atoms with Gasteiger partial charge in [-0.2, -0.15) is 0 Å². The number of nitrogens with zero attached hydrogens (tertiary/aromatic N) is 1. The van der Waals surface area contributed by atoms with Crippen molar-refractivity contribution in [1.29, 1.82) is 0 Å². The van der Waals surface area contributed by atoms with Crippen molar-refractivity contribution < 1.29 is 45.4 Å². The number of likely N-dealkylation sites (tertiary alicyclic amines) is 1. The van der Waals surface area contributed by atoms with Crippen LogP contribution < -0.4 is 20.1 Å². The van der Waals surface area contributed by atoms with Crippen LogP contribution >= 0.6 is 0 Å². The number of hydrogen-bond acceptors (Lipinski definition) is 10. The van der Waals surface area contributed by atoms with Crippen molar-refractivity contribution in [2.24, 2.45) is 11.8 Å². The number of hydrogen-bond donors (Lipinski definition) is 4. The van der Waals surface area contributed by atoms with Gasteiger partial charge in [-0.05, 0) is 87.0 Å². The summed E-state index contributed by atoms with van der Waals surface area (Å²) < 4.78 is 75.3. The van der Waals surface area contributed by atoms with E-state index < -0.39 is 90.8 Å². The summed E-state index contributed by atoms with van der Waals surface area (Å²) in [6.45, 7) is 22.4. The van der Waals surface area contributed by atoms with Crippen molar-refractivity contribution in [1.82, 2.24) is 25.0 Å². The Kier molecular flexibility index (Phi) is 15.5. The third-order valence-electron chi connectivity index (χ3n) is 6.43. The second-order valence-corrected chi connectivity index (χ2v) is 19.9. The number of ether oxygens (including phenoxy) is 3. The highest BCUT2D eigenvalue weighted by atomic mass is 32.2. The first-order chi connectivity index (χ1) is 21.4. The zero-order valence-electron chi connectivity index (χ0n) is 31.1. The molecule has 0 aromatic rings. The van der Waals surface area contributed by atoms with E-state index in [0.717, 1.165) is 0 Å². The van der Waals surface area contributed by atoms with Gasteiger partial charge in [0.25, 0.3) is 0 Å². The molecule has 282 valence electrons. The molecule has 4 N–H and O–H groups in total. The zero-order valence-corrected chi connectivity index (χ0v) is 32.7. The van der Waals surface area contributed by atoms with Crippen molar-refractivity contribution in [2.45, 2.75) is 144 Å². The zero-order chi connectivity index (χ0) is 37.5. The molecule has 0 bridgehead atoms. The average molecular weight is 728 g/mol. The molecule has 17 heteroatoms. The molecule has 1 aliphatic heterocycles. The number of amides is 3. The van der Waals surface area contributed by atoms with Crippen LogP contribution in [0.15, 0.2) is 0 Å². The fourth-order valence-corrected chi connectivity index (χ4v) is 8.12. The van der Waals surface area contributed by atoms with Gasteiger partial charge in [0.15, 0.2) is 0 Å². The molecule has 0 aliphatic carbocycles. The number of carbonyl (C=O) groups excluding carboxylic acids is 3. The lowest BCUT2D eigenvalue weighted by atomic mass is 10.1. The molecule has 4 atom stereocenters. The molecule has 1 aliphatic rings. The SMILES string of the molecule is CC(C)C[C@@H](CS(=O)(=O)N[C@H]1CN(C(=O)OC(C)(C)C)C[C@@H]1NS(=O)(=O)C[C@H](CC(C)C)NC(=O)OC(C)(C)C)NC(=O)OC(C)(C)C. The maximum Gasteiger partial charge on any atom is 0.410 e. The Morgan fingerprint density at radius 3 is 1.21 bits per heavy atom. The van der Waals surface area contributed by atoms with E-state index in [9.17, 15) is 31.2 Å². The van der Waals surface area contributed by atoms with Crippen LogP contribution in [0.25, 0.3) is 0 Å². The van der Waals surface area contributed by atoms with Crippen LogP contribution in [0, 0.1) is 11.8 Å². The van der Waals surface area contributed by atoms with Crippen LogP contribution in [-0.4, -0.2) is 106 Å². The van der Waals surface area contributed by atoms with Crippen LogP contribution in [0.2, 0.25) is 0 Å². The van der Waals surface area contributed by atoms with Gasteiger partial charge in [-0.3, -0.25) is 0 Å². The maximum absolute atomic E-state index is 13.5. The lowest BCUT2D eigenvalue weighted by Crippen LogP contribution is -2.54. The monoisotopic (exact) mass is 727 g/mol. The van der Waals surface area contributed by atoms with E-state index >= 15 is 0 Å². The molecular weight excluding hydrogens is 666 g/mol. The van der Waals surface area contributed by atoms with Crippen LogP contribution in [0.5, 0.6) is 0 Å². The van der Waals surface area contributed by atoms with Crippen LogP contribution in [0.3, 0.4) is 0 Å². The Morgan fingerprint density at radius 1 is 0.625 bits per heavy atom. The van der Waals surface area contributed by atoms with E-state index in [1.54, 1.807) is 62.3 Å². The van der Waals surface area contributed by atoms with Gasteiger partial charge in [-0.15, -0.1) is 0 Å². The van der Waals surface area contributed by atoms with Gasteiger partial charge in [0.2, 0.25) is 20.0 Å². The van der Waals surface area contributed by atoms with Crippen LogP contribution in [0.1, 0.15) is 103 Å². The predicted octanol–water partition coefficient (Wildman–Crippen LogP) is 3.69. The van der Waals surface area contributed by atoms with E-state index in [-0.39, 0.29) is 24.9 Å². The number of rotatable bonds is 14. The van der Waals surface area contributed by atoms with E-state index in [2.05, 4.69) is 20.1 Å². The Hall–Kier alpha value is -2.37. The first-order valence-electron chi connectivity index (χ1n) is 16.4. The molecule has 1 saturated heterocycles. The molecule has 1 fully saturated rings. The van der Waals surface area contributed by atoms with Gasteiger partial charge < -0.3 is 29.7 Å². The molecule has 0 radical (unpaired) electrons. The molecule has 48 heavy (non-hydrogen) atoms. The topological polar surface area (TPSA) is 199 Å². The highest BCUT2D eigenvalue weighted by molar-refractivity contribution is 7.89. The summed E-state index contributed by atoms with van der Waals surface area (Å²) in [7, 11) is -8.30. The summed E-state index contributed by atoms with van der Waals surface area (Å²) in [4.78, 5) is 39.2. The van der Waals surface area contributed by atoms with Crippen molar-refractivity contribution in [3.8, 4) is 0 Å². The van der Waals surface area contributed by atoms with Gasteiger partial charge in [-0.1, -0.05) is 27.7 Å². The van der Waals surface area contributed by atoms with Crippen LogP contribution in [-0.2, 0) is 34.3 Å². The summed E-state index contributed by atoms with van der Waals surface area (Å²) in [6.07, 6.45) is -1.61. The number of alkyl carbamates (subject to hydrolysis) is 2. The largest absolute Gasteiger partial charge is 0.444 e. The minimum Gasteiger partial charge on any atom is -0.444 e. The third-order valence-corrected chi connectivity index (χ3v) is 9.43. The Labute approximate surface area is 288 Å². The summed E-state index contributed by atoms with van der Waals surface area (Å²) in [5.41, 5.74) is -2.43. The van der Waals surface area contributed by atoms with E-state index in [4.69, 9.17) is 14.2 Å². The molecule has 3 amide bonds. The smallest absolute Gasteiger partial charge is 0.410 e. The molecule has 1 heterocycles. The van der Waals surface area contributed by atoms with Crippen molar-refractivity contribution in [2.75, 3.05) is 24.6 Å². The van der Waals surface area contributed by atoms with Crippen molar-refractivity contribution in [3.05, 3.63) is 0 Å². The summed E-state index contributed by atoms with van der Waals surface area (Å²) in [6, 6.07) is -3.76. The van der Waals surface area contributed by atoms with Gasteiger partial charge in [-0.25, -0.2) is 40.7 Å². The van der Waals surface area contributed by atoms with Crippen molar-refractivity contribution >= 4 is 38.3 Å². The predicted molar refractivity (Wildman–Crippen MR) is 184 cm³/mol. The normalized spacial score (nSPS) is 19.2. The lowest BCUT2D eigenvalue weighted by molar-refractivity contribution is 0.0288. The van der Waals surface area contributed by atoms with Gasteiger partial charge in [0.05, 0.1) is 23.6 Å². The van der Waals surface area contributed by atoms with Crippen molar-refractivity contribution in [3.63, 3.8) is 0 Å². The molecule has 0 aromatic carbocycles. The first kappa shape index (κ1) is 43.7. The number of nitrogens with one attached hydrogen (secondary N) is 4. The molecule has 0 unspecified atom stereocenters. The summed E-state index contributed by atoms with van der Waals surface area (Å²) >= 11 is 0. The van der Waals surface area contributed by atoms with E-state index in [1.807, 2.05) is 27.7 Å². The number of carbonyl (C=O) groups is 3. The van der Waals surface area contributed by atoms with Gasteiger partial charge in [0, 0.05) is 25.2 Å². The molecule has 0 aromatic heterocycles. The quantitative estimate of drug-likeness (QED) is 0.192. The molecule has 0 spiro atoms. The highest BCUT2D eigenvalue weighted by Crippen LogP contribution is 2.19. The number of sulfonamides is 2. The summed E-state index contributed by atoms with van der Waals surface area (Å²) in [5.74, 6) is -0.963. The fraction of sp³-hybridized carbons (Fsp3) is 0.903. The molecule has 15 nitrogen and oxygen atoms in total. The van der Waals surface area contributed by atoms with E-state index in [1.165, 1.54) is 4.90 Å². The first-order valence-corrected chi connectivity index (χ1v) is 19.7. The van der Waals surface area contributed by atoms with E-state index in [0.29, 0.717) is 12.8 Å². The third kappa shape index (κ3) is 19.0. The standard InChI is InChI=1S/C31H61N5O10S2/c1-20(2)14-22(32-26(37)44-29(5,6)7)18-47(40,41)34-24-16-36(28(39)46-31(11,12)13)17-25(24)35-48(42,43)19-23(15-21(3)4)33-27(38)45-30(8,9)10/h20-25,34-35H,14-19H2,1-13H3,(H,32,37)(H,33,38)/t22-,23-,24-,25-/m0/s1. The Morgan fingerprint density at radius 2 is 0.938 bits per heavy atom. The second kappa shape index (κ2) is 17.0. The highest BCUT2D eigenvalue weighted by Gasteiger charge is 2.42. The van der Waals surface area contributed by atoms with Gasteiger partial charge >= 0.3 is 18.3 Å². The molecular formula is C31H61N5O10S2. The van der Waals surface area contributed by atoms with Gasteiger partial charge in [0.1, 0.15) is 16.8 Å². The fourth-order valence-electron chi connectivity index (χ4n) is 5.03. The van der Waals surface area contributed by atoms with Crippen LogP contribution in [0.4, 0.5) is 14.4 Å². The Bertz CT molecular complexity index is 1210. The maximum atomic E-state index is 13.5.